The first-order valence-corrected chi connectivity index (χ1v) is 11.6. The standard InChI is InChI=1S/C19H23BrN2O3S2/c1-19(2,3)22-27(24,25)17-6-4-5-15(13-17)21-18(23)11-12-26-16-9-7-14(20)8-10-16/h4-10,13,22H,11-12H2,1-3H3,(H,21,23). The zero-order valence-electron chi connectivity index (χ0n) is 15.5. The zero-order chi connectivity index (χ0) is 20.1. The molecule has 0 saturated carbocycles. The van der Waals surface area contributed by atoms with Gasteiger partial charge in [0.15, 0.2) is 0 Å². The molecule has 2 rings (SSSR count). The number of hydrogen-bond donors (Lipinski definition) is 2. The van der Waals surface area contributed by atoms with Crippen LogP contribution in [0.4, 0.5) is 5.69 Å². The second-order valence-corrected chi connectivity index (χ2v) is 10.8. The van der Waals surface area contributed by atoms with E-state index in [0.29, 0.717) is 17.9 Å². The minimum absolute atomic E-state index is 0.125. The Morgan fingerprint density at radius 2 is 1.78 bits per heavy atom. The van der Waals surface area contributed by atoms with Gasteiger partial charge < -0.3 is 5.32 Å². The molecule has 2 aromatic carbocycles. The van der Waals surface area contributed by atoms with Gasteiger partial charge >= 0.3 is 0 Å². The quantitative estimate of drug-likeness (QED) is 0.577. The van der Waals surface area contributed by atoms with E-state index < -0.39 is 15.6 Å². The fourth-order valence-electron chi connectivity index (χ4n) is 2.22. The van der Waals surface area contributed by atoms with E-state index in [1.807, 2.05) is 24.3 Å². The first-order chi connectivity index (χ1) is 12.5. The van der Waals surface area contributed by atoms with Gasteiger partial charge in [-0.1, -0.05) is 22.0 Å². The number of nitrogens with one attached hydrogen (secondary N) is 2. The van der Waals surface area contributed by atoms with Crippen molar-refractivity contribution in [3.8, 4) is 0 Å². The maximum Gasteiger partial charge on any atom is 0.241 e. The number of hydrogen-bond acceptors (Lipinski definition) is 4. The minimum Gasteiger partial charge on any atom is -0.326 e. The summed E-state index contributed by atoms with van der Waals surface area (Å²) in [5, 5.41) is 2.76. The Morgan fingerprint density at radius 1 is 1.11 bits per heavy atom. The van der Waals surface area contributed by atoms with Gasteiger partial charge in [-0.15, -0.1) is 11.8 Å². The van der Waals surface area contributed by atoms with Gasteiger partial charge in [0.05, 0.1) is 4.90 Å². The number of thioether (sulfide) groups is 1. The van der Waals surface area contributed by atoms with Crippen molar-refractivity contribution >= 4 is 49.3 Å². The molecule has 0 aromatic heterocycles. The number of halogens is 1. The number of carbonyl (C=O) groups is 1. The molecular formula is C19H23BrN2O3S2. The number of sulfonamides is 1. The molecule has 0 radical (unpaired) electrons. The average Bonchev–Trinajstić information content (AvgIpc) is 2.55. The van der Waals surface area contributed by atoms with E-state index in [1.165, 1.54) is 12.1 Å². The van der Waals surface area contributed by atoms with E-state index >= 15 is 0 Å². The smallest absolute Gasteiger partial charge is 0.241 e. The monoisotopic (exact) mass is 470 g/mol. The van der Waals surface area contributed by atoms with Gasteiger partial charge in [-0.05, 0) is 63.2 Å². The van der Waals surface area contributed by atoms with Crippen LogP contribution >= 0.6 is 27.7 Å². The highest BCUT2D eigenvalue weighted by atomic mass is 79.9. The molecule has 1 amide bonds. The van der Waals surface area contributed by atoms with Gasteiger partial charge in [0.1, 0.15) is 0 Å². The third kappa shape index (κ3) is 7.65. The van der Waals surface area contributed by atoms with Gasteiger partial charge in [-0.2, -0.15) is 0 Å². The van der Waals surface area contributed by atoms with Gasteiger partial charge in [0.2, 0.25) is 15.9 Å². The largest absolute Gasteiger partial charge is 0.326 e. The van der Waals surface area contributed by atoms with Gasteiger partial charge in [0.25, 0.3) is 0 Å². The lowest BCUT2D eigenvalue weighted by Crippen LogP contribution is -2.40. The summed E-state index contributed by atoms with van der Waals surface area (Å²) < 4.78 is 28.4. The lowest BCUT2D eigenvalue weighted by molar-refractivity contribution is -0.115. The van der Waals surface area contributed by atoms with E-state index in [-0.39, 0.29) is 10.8 Å². The van der Waals surface area contributed by atoms with Crippen LogP contribution in [0.2, 0.25) is 0 Å². The van der Waals surface area contributed by atoms with Crippen molar-refractivity contribution in [1.82, 2.24) is 4.72 Å². The number of anilines is 1. The summed E-state index contributed by atoms with van der Waals surface area (Å²) >= 11 is 4.98. The van der Waals surface area contributed by atoms with Crippen molar-refractivity contribution in [1.29, 1.82) is 0 Å². The lowest BCUT2D eigenvalue weighted by Gasteiger charge is -2.20. The molecule has 0 spiro atoms. The van der Waals surface area contributed by atoms with Crippen LogP contribution in [0.1, 0.15) is 27.2 Å². The number of amides is 1. The maximum absolute atomic E-state index is 12.4. The highest BCUT2D eigenvalue weighted by Crippen LogP contribution is 2.22. The molecule has 27 heavy (non-hydrogen) atoms. The highest BCUT2D eigenvalue weighted by Gasteiger charge is 2.22. The predicted molar refractivity (Wildman–Crippen MR) is 115 cm³/mol. The van der Waals surface area contributed by atoms with E-state index in [0.717, 1.165) is 9.37 Å². The van der Waals surface area contributed by atoms with Gasteiger partial charge in [-0.25, -0.2) is 13.1 Å². The highest BCUT2D eigenvalue weighted by molar-refractivity contribution is 9.10. The van der Waals surface area contributed by atoms with Crippen molar-refractivity contribution < 1.29 is 13.2 Å². The van der Waals surface area contributed by atoms with Crippen LogP contribution in [-0.4, -0.2) is 25.6 Å². The first kappa shape index (κ1) is 21.9. The van der Waals surface area contributed by atoms with Crippen LogP contribution in [0.5, 0.6) is 0 Å². The second kappa shape index (κ2) is 9.23. The molecule has 5 nitrogen and oxygen atoms in total. The van der Waals surface area contributed by atoms with Crippen molar-refractivity contribution in [2.75, 3.05) is 11.1 Å². The first-order valence-electron chi connectivity index (χ1n) is 8.37. The average molecular weight is 471 g/mol. The van der Waals surface area contributed by atoms with Gasteiger partial charge in [-0.3, -0.25) is 4.79 Å². The zero-order valence-corrected chi connectivity index (χ0v) is 18.7. The van der Waals surface area contributed by atoms with E-state index in [4.69, 9.17) is 0 Å². The molecule has 0 fully saturated rings. The molecule has 2 N–H and O–H groups in total. The van der Waals surface area contributed by atoms with Crippen molar-refractivity contribution in [3.63, 3.8) is 0 Å². The number of carbonyl (C=O) groups excluding carboxylic acids is 1. The minimum atomic E-state index is -3.64. The number of rotatable bonds is 7. The Bertz CT molecular complexity index is 892. The molecule has 0 aliphatic heterocycles. The van der Waals surface area contributed by atoms with Crippen LogP contribution in [-0.2, 0) is 14.8 Å². The summed E-state index contributed by atoms with van der Waals surface area (Å²) in [5.41, 5.74) is -0.118. The molecule has 0 aliphatic rings. The van der Waals surface area contributed by atoms with E-state index in [1.54, 1.807) is 44.7 Å². The molecule has 0 bridgehead atoms. The summed E-state index contributed by atoms with van der Waals surface area (Å²) in [6.07, 6.45) is 0.331. The van der Waals surface area contributed by atoms with Crippen LogP contribution < -0.4 is 10.0 Å². The molecule has 0 unspecified atom stereocenters. The summed E-state index contributed by atoms with van der Waals surface area (Å²) in [4.78, 5) is 13.4. The molecule has 2 aromatic rings. The van der Waals surface area contributed by atoms with Crippen LogP contribution in [0.3, 0.4) is 0 Å². The Morgan fingerprint density at radius 3 is 2.41 bits per heavy atom. The molecule has 8 heteroatoms. The predicted octanol–water partition coefficient (Wildman–Crippen LogP) is 4.65. The Balaban J connectivity index is 1.93. The molecule has 0 saturated heterocycles. The van der Waals surface area contributed by atoms with E-state index in [9.17, 15) is 13.2 Å². The van der Waals surface area contributed by atoms with Crippen LogP contribution in [0, 0.1) is 0 Å². The Labute approximate surface area is 173 Å². The molecule has 0 heterocycles. The van der Waals surface area contributed by atoms with Gasteiger partial charge in [0, 0.05) is 32.8 Å². The molecule has 0 aliphatic carbocycles. The normalized spacial score (nSPS) is 12.0. The molecule has 0 atom stereocenters. The molecular weight excluding hydrogens is 448 g/mol. The summed E-state index contributed by atoms with van der Waals surface area (Å²) in [6.45, 7) is 5.33. The van der Waals surface area contributed by atoms with E-state index in [2.05, 4.69) is 26.0 Å². The summed E-state index contributed by atoms with van der Waals surface area (Å²) in [7, 11) is -3.64. The second-order valence-electron chi connectivity index (χ2n) is 6.98. The van der Waals surface area contributed by atoms with Crippen molar-refractivity contribution in [2.45, 2.75) is 42.5 Å². The fourth-order valence-corrected chi connectivity index (χ4v) is 4.80. The van der Waals surface area contributed by atoms with Crippen molar-refractivity contribution in [3.05, 3.63) is 53.0 Å². The number of benzene rings is 2. The Kier molecular flexibility index (Phi) is 7.50. The fraction of sp³-hybridized carbons (Fsp3) is 0.316. The maximum atomic E-state index is 12.4. The lowest BCUT2D eigenvalue weighted by atomic mass is 10.1. The van der Waals surface area contributed by atoms with Crippen LogP contribution in [0.15, 0.2) is 62.8 Å². The molecule has 146 valence electrons. The van der Waals surface area contributed by atoms with Crippen LogP contribution in [0.25, 0.3) is 0 Å². The third-order valence-corrected chi connectivity index (χ3v) is 6.58. The topological polar surface area (TPSA) is 75.3 Å². The van der Waals surface area contributed by atoms with Crippen molar-refractivity contribution in [2.24, 2.45) is 0 Å². The summed E-state index contributed by atoms with van der Waals surface area (Å²) in [6, 6.07) is 14.2. The SMILES string of the molecule is CC(C)(C)NS(=O)(=O)c1cccc(NC(=O)CCSc2ccc(Br)cc2)c1. The summed E-state index contributed by atoms with van der Waals surface area (Å²) in [5.74, 6) is 0.481. The third-order valence-electron chi connectivity index (χ3n) is 3.28. The Hall–Kier alpha value is -1.35.